The number of hydrogen-bond donors (Lipinski definition) is 0. The van der Waals surface area contributed by atoms with E-state index in [0.29, 0.717) is 15.0 Å². The van der Waals surface area contributed by atoms with Gasteiger partial charge in [0.15, 0.2) is 0 Å². The molecule has 5 rings (SSSR count). The molecule has 1 aromatic carbocycles. The van der Waals surface area contributed by atoms with Gasteiger partial charge < -0.3 is 4.42 Å². The van der Waals surface area contributed by atoms with Gasteiger partial charge in [0.1, 0.15) is 15.7 Å². The van der Waals surface area contributed by atoms with E-state index in [2.05, 4.69) is 0 Å². The van der Waals surface area contributed by atoms with Crippen LogP contribution >= 0.6 is 24.0 Å². The van der Waals surface area contributed by atoms with E-state index in [0.717, 1.165) is 35.6 Å². The van der Waals surface area contributed by atoms with Crippen molar-refractivity contribution in [1.29, 1.82) is 0 Å². The summed E-state index contributed by atoms with van der Waals surface area (Å²) in [6, 6.07) is 10.2. The van der Waals surface area contributed by atoms with Crippen LogP contribution in [0.2, 0.25) is 0 Å². The predicted molar refractivity (Wildman–Crippen MR) is 114 cm³/mol. The van der Waals surface area contributed by atoms with Gasteiger partial charge in [0.05, 0.1) is 4.91 Å². The van der Waals surface area contributed by atoms with Crippen molar-refractivity contribution in [2.24, 2.45) is 11.8 Å². The van der Waals surface area contributed by atoms with Crippen LogP contribution in [0.3, 0.4) is 0 Å². The van der Waals surface area contributed by atoms with Crippen LogP contribution in [-0.2, 0) is 4.79 Å². The first-order valence-corrected chi connectivity index (χ1v) is 11.2. The van der Waals surface area contributed by atoms with Crippen molar-refractivity contribution in [3.8, 4) is 0 Å². The summed E-state index contributed by atoms with van der Waals surface area (Å²) >= 11 is 7.02. The van der Waals surface area contributed by atoms with Crippen molar-refractivity contribution in [1.82, 2.24) is 4.90 Å². The molecule has 3 unspecified atom stereocenters. The lowest BCUT2D eigenvalue weighted by Gasteiger charge is -2.41. The Bertz CT molecular complexity index is 898. The zero-order valence-electron chi connectivity index (χ0n) is 15.2. The minimum Gasteiger partial charge on any atom is -0.457 e. The number of benzene rings is 1. The van der Waals surface area contributed by atoms with Crippen LogP contribution < -0.4 is 0 Å². The highest BCUT2D eigenvalue weighted by Crippen LogP contribution is 2.44. The molecule has 2 saturated carbocycles. The van der Waals surface area contributed by atoms with Gasteiger partial charge >= 0.3 is 0 Å². The van der Waals surface area contributed by atoms with Crippen molar-refractivity contribution >= 4 is 51.3 Å². The summed E-state index contributed by atoms with van der Waals surface area (Å²) in [6.07, 6.45) is 10.7. The fourth-order valence-electron chi connectivity index (χ4n) is 5.08. The highest BCUT2D eigenvalue weighted by atomic mass is 32.2. The summed E-state index contributed by atoms with van der Waals surface area (Å²) in [5.74, 6) is 2.43. The zero-order chi connectivity index (χ0) is 18.4. The summed E-state index contributed by atoms with van der Waals surface area (Å²) in [4.78, 5) is 15.7. The van der Waals surface area contributed by atoms with Crippen LogP contribution in [0.15, 0.2) is 39.7 Å². The number of thiocarbonyl (C=S) groups is 1. The third kappa shape index (κ3) is 3.25. The maximum atomic E-state index is 13.1. The average Bonchev–Trinajstić information content (AvgIpc) is 3.21. The van der Waals surface area contributed by atoms with Gasteiger partial charge in [0.25, 0.3) is 5.91 Å². The Kier molecular flexibility index (Phi) is 4.60. The molecule has 1 saturated heterocycles. The van der Waals surface area contributed by atoms with Crippen molar-refractivity contribution < 1.29 is 9.21 Å². The van der Waals surface area contributed by atoms with Crippen LogP contribution in [0.4, 0.5) is 0 Å². The first kappa shape index (κ1) is 17.5. The van der Waals surface area contributed by atoms with E-state index in [9.17, 15) is 4.79 Å². The van der Waals surface area contributed by atoms with Crippen LogP contribution in [0.25, 0.3) is 17.0 Å². The second-order valence-electron chi connectivity index (χ2n) is 8.01. The Balaban J connectivity index is 1.36. The SMILES string of the molecule is O=C1/C(=C\c2cc3ccccc3o2)SC(=S)N1C1CCC2CCCCC2C1. The number of carbonyl (C=O) groups is 1. The maximum absolute atomic E-state index is 13.1. The highest BCUT2D eigenvalue weighted by molar-refractivity contribution is 8.26. The summed E-state index contributed by atoms with van der Waals surface area (Å²) in [7, 11) is 0. The normalized spacial score (nSPS) is 30.3. The van der Waals surface area contributed by atoms with Crippen LogP contribution in [-0.4, -0.2) is 21.2 Å². The van der Waals surface area contributed by atoms with E-state index in [4.69, 9.17) is 16.6 Å². The number of fused-ring (bicyclic) bond motifs is 2. The topological polar surface area (TPSA) is 33.5 Å². The van der Waals surface area contributed by atoms with Gasteiger partial charge in [-0.1, -0.05) is 67.9 Å². The minimum absolute atomic E-state index is 0.0599. The molecule has 1 aliphatic heterocycles. The number of hydrogen-bond acceptors (Lipinski definition) is 4. The minimum atomic E-state index is 0.0599. The number of thioether (sulfide) groups is 1. The van der Waals surface area contributed by atoms with E-state index in [1.165, 1.54) is 43.9 Å². The molecule has 3 atom stereocenters. The quantitative estimate of drug-likeness (QED) is 0.460. The van der Waals surface area contributed by atoms with E-state index in [1.807, 2.05) is 41.3 Å². The van der Waals surface area contributed by atoms with Gasteiger partial charge in [-0.25, -0.2) is 0 Å². The highest BCUT2D eigenvalue weighted by Gasteiger charge is 2.41. The van der Waals surface area contributed by atoms with Gasteiger partial charge in [-0.05, 0) is 43.2 Å². The molecule has 2 aromatic rings. The molecule has 5 heteroatoms. The molecular weight excluding hydrogens is 374 g/mol. The number of furan rings is 1. The fourth-order valence-corrected chi connectivity index (χ4v) is 6.46. The molecule has 1 aromatic heterocycles. The Morgan fingerprint density at radius 1 is 1.11 bits per heavy atom. The lowest BCUT2D eigenvalue weighted by atomic mass is 9.69. The molecule has 0 bridgehead atoms. The fraction of sp³-hybridized carbons (Fsp3) is 0.455. The molecule has 0 radical (unpaired) electrons. The molecule has 2 aliphatic carbocycles. The molecule has 2 heterocycles. The molecular formula is C22H23NO2S2. The van der Waals surface area contributed by atoms with E-state index in [-0.39, 0.29) is 11.9 Å². The largest absolute Gasteiger partial charge is 0.457 e. The Hall–Kier alpha value is -1.59. The van der Waals surface area contributed by atoms with Gasteiger partial charge in [0.2, 0.25) is 0 Å². The average molecular weight is 398 g/mol. The van der Waals surface area contributed by atoms with Crippen LogP contribution in [0.5, 0.6) is 0 Å². The standard InChI is InChI=1S/C22H23NO2S2/c24-21-20(13-18-12-16-7-3-4-8-19(16)25-18)27-22(26)23(21)17-10-9-14-5-1-2-6-15(14)11-17/h3-4,7-8,12-15,17H,1-2,5-6,9-11H2/b20-13+. The smallest absolute Gasteiger partial charge is 0.266 e. The number of para-hydroxylation sites is 1. The molecule has 27 heavy (non-hydrogen) atoms. The van der Waals surface area contributed by atoms with Crippen molar-refractivity contribution in [3.05, 3.63) is 41.0 Å². The molecule has 140 valence electrons. The second-order valence-corrected chi connectivity index (χ2v) is 9.69. The summed E-state index contributed by atoms with van der Waals surface area (Å²) in [5, 5.41) is 1.05. The molecule has 1 amide bonds. The Morgan fingerprint density at radius 2 is 1.93 bits per heavy atom. The summed E-state index contributed by atoms with van der Waals surface area (Å²) in [5.41, 5.74) is 0.842. The third-order valence-electron chi connectivity index (χ3n) is 6.42. The summed E-state index contributed by atoms with van der Waals surface area (Å²) in [6.45, 7) is 0. The Morgan fingerprint density at radius 3 is 2.78 bits per heavy atom. The molecule has 3 fully saturated rings. The van der Waals surface area contributed by atoms with E-state index in [1.54, 1.807) is 0 Å². The number of rotatable bonds is 2. The predicted octanol–water partition coefficient (Wildman–Crippen LogP) is 5.99. The van der Waals surface area contributed by atoms with Crippen LogP contribution in [0.1, 0.15) is 50.7 Å². The molecule has 3 aliphatic rings. The summed E-state index contributed by atoms with van der Waals surface area (Å²) < 4.78 is 6.57. The first-order chi connectivity index (χ1) is 13.2. The van der Waals surface area contributed by atoms with Gasteiger partial charge in [-0.2, -0.15) is 0 Å². The molecule has 3 nitrogen and oxygen atoms in total. The third-order valence-corrected chi connectivity index (χ3v) is 7.75. The van der Waals surface area contributed by atoms with Gasteiger partial charge in [-0.15, -0.1) is 0 Å². The number of nitrogens with zero attached hydrogens (tertiary/aromatic N) is 1. The molecule has 0 N–H and O–H groups in total. The van der Waals surface area contributed by atoms with Crippen molar-refractivity contribution in [2.75, 3.05) is 0 Å². The number of amides is 1. The van der Waals surface area contributed by atoms with Crippen molar-refractivity contribution in [3.63, 3.8) is 0 Å². The monoisotopic (exact) mass is 397 g/mol. The maximum Gasteiger partial charge on any atom is 0.266 e. The van der Waals surface area contributed by atoms with Crippen LogP contribution in [0, 0.1) is 11.8 Å². The molecule has 0 spiro atoms. The Labute approximate surface area is 169 Å². The number of carbonyl (C=O) groups excluding carboxylic acids is 1. The van der Waals surface area contributed by atoms with E-state index >= 15 is 0 Å². The van der Waals surface area contributed by atoms with E-state index < -0.39 is 0 Å². The van der Waals surface area contributed by atoms with Gasteiger partial charge in [-0.3, -0.25) is 9.69 Å². The second kappa shape index (κ2) is 7.10. The first-order valence-electron chi connectivity index (χ1n) is 9.95. The van der Waals surface area contributed by atoms with Crippen molar-refractivity contribution in [2.45, 2.75) is 51.0 Å². The lowest BCUT2D eigenvalue weighted by molar-refractivity contribution is -0.124. The zero-order valence-corrected chi connectivity index (χ0v) is 16.9. The lowest BCUT2D eigenvalue weighted by Crippen LogP contribution is -2.44. The van der Waals surface area contributed by atoms with Gasteiger partial charge in [0, 0.05) is 17.5 Å².